The van der Waals surface area contributed by atoms with E-state index in [4.69, 9.17) is 0 Å². The summed E-state index contributed by atoms with van der Waals surface area (Å²) in [5.41, 5.74) is 0.951. The zero-order valence-corrected chi connectivity index (χ0v) is 12.0. The van der Waals surface area contributed by atoms with Crippen molar-refractivity contribution in [2.45, 2.75) is 32.2 Å². The topological polar surface area (TPSA) is 20.3 Å². The molecule has 0 amide bonds. The van der Waals surface area contributed by atoms with Crippen LogP contribution in [0.2, 0.25) is 0 Å². The summed E-state index contributed by atoms with van der Waals surface area (Å²) in [5, 5.41) is 0. The van der Waals surface area contributed by atoms with Crippen LogP contribution >= 0.6 is 15.9 Å². The summed E-state index contributed by atoms with van der Waals surface area (Å²) < 4.78 is 0.891. The van der Waals surface area contributed by atoms with Crippen molar-refractivity contribution < 1.29 is 4.79 Å². The van der Waals surface area contributed by atoms with Crippen molar-refractivity contribution in [1.29, 1.82) is 0 Å². The molecule has 1 fully saturated rings. The van der Waals surface area contributed by atoms with Crippen molar-refractivity contribution in [2.24, 2.45) is 0 Å². The molecule has 0 aromatic heterocycles. The molecule has 0 spiro atoms. The van der Waals surface area contributed by atoms with Crippen LogP contribution in [0.25, 0.3) is 0 Å². The SMILES string of the molecule is CC1(C)CCCN1CC(=O)c1ccccc1Br. The Hall–Kier alpha value is -0.670. The highest BCUT2D eigenvalue weighted by Gasteiger charge is 2.33. The van der Waals surface area contributed by atoms with Gasteiger partial charge in [0.25, 0.3) is 0 Å². The molecule has 1 heterocycles. The molecule has 1 saturated heterocycles. The fourth-order valence-electron chi connectivity index (χ4n) is 2.40. The van der Waals surface area contributed by atoms with E-state index in [0.717, 1.165) is 16.6 Å². The lowest BCUT2D eigenvalue weighted by molar-refractivity contribution is 0.0870. The first-order valence-electron chi connectivity index (χ1n) is 6.03. The summed E-state index contributed by atoms with van der Waals surface area (Å²) in [5.74, 6) is 0.201. The molecule has 2 rings (SSSR count). The normalized spacial score (nSPS) is 19.5. The zero-order chi connectivity index (χ0) is 12.5. The first kappa shape index (κ1) is 12.8. The lowest BCUT2D eigenvalue weighted by Crippen LogP contribution is -2.41. The number of halogens is 1. The maximum absolute atomic E-state index is 12.2. The van der Waals surface area contributed by atoms with Crippen LogP contribution in [-0.4, -0.2) is 29.3 Å². The summed E-state index contributed by atoms with van der Waals surface area (Å²) in [4.78, 5) is 14.5. The van der Waals surface area contributed by atoms with E-state index >= 15 is 0 Å². The van der Waals surface area contributed by atoms with Gasteiger partial charge in [-0.05, 0) is 39.3 Å². The quantitative estimate of drug-likeness (QED) is 0.796. The van der Waals surface area contributed by atoms with Gasteiger partial charge in [0.15, 0.2) is 5.78 Å². The van der Waals surface area contributed by atoms with Gasteiger partial charge >= 0.3 is 0 Å². The Balaban J connectivity index is 2.10. The van der Waals surface area contributed by atoms with Gasteiger partial charge in [0.2, 0.25) is 0 Å². The zero-order valence-electron chi connectivity index (χ0n) is 10.4. The van der Waals surface area contributed by atoms with Gasteiger partial charge in [0, 0.05) is 15.6 Å². The average Bonchev–Trinajstić information content (AvgIpc) is 2.59. The van der Waals surface area contributed by atoms with E-state index in [9.17, 15) is 4.79 Å². The maximum Gasteiger partial charge on any atom is 0.177 e. The molecular weight excluding hydrogens is 278 g/mol. The molecule has 0 saturated carbocycles. The molecule has 0 atom stereocenters. The van der Waals surface area contributed by atoms with Crippen molar-refractivity contribution >= 4 is 21.7 Å². The van der Waals surface area contributed by atoms with E-state index in [1.54, 1.807) is 0 Å². The molecule has 1 aromatic carbocycles. The van der Waals surface area contributed by atoms with E-state index in [1.165, 1.54) is 12.8 Å². The average molecular weight is 296 g/mol. The second-order valence-corrected chi connectivity index (χ2v) is 6.09. The second kappa shape index (κ2) is 4.91. The number of hydrogen-bond donors (Lipinski definition) is 0. The number of likely N-dealkylation sites (tertiary alicyclic amines) is 1. The van der Waals surface area contributed by atoms with E-state index in [0.29, 0.717) is 6.54 Å². The summed E-state index contributed by atoms with van der Waals surface area (Å²) in [7, 11) is 0. The largest absolute Gasteiger partial charge is 0.293 e. The van der Waals surface area contributed by atoms with Crippen LogP contribution in [0, 0.1) is 0 Å². The van der Waals surface area contributed by atoms with Crippen molar-refractivity contribution in [1.82, 2.24) is 4.90 Å². The number of benzene rings is 1. The predicted octanol–water partition coefficient (Wildman–Crippen LogP) is 3.51. The molecule has 2 nitrogen and oxygen atoms in total. The van der Waals surface area contributed by atoms with Crippen LogP contribution < -0.4 is 0 Å². The molecule has 0 aliphatic carbocycles. The van der Waals surface area contributed by atoms with Gasteiger partial charge in [-0.2, -0.15) is 0 Å². The Bertz CT molecular complexity index is 428. The number of carbonyl (C=O) groups is 1. The summed E-state index contributed by atoms with van der Waals surface area (Å²) in [6.07, 6.45) is 2.37. The van der Waals surface area contributed by atoms with E-state index in [1.807, 2.05) is 24.3 Å². The minimum absolute atomic E-state index is 0.164. The lowest BCUT2D eigenvalue weighted by atomic mass is 10.0. The van der Waals surface area contributed by atoms with Gasteiger partial charge in [-0.3, -0.25) is 9.69 Å². The highest BCUT2D eigenvalue weighted by atomic mass is 79.9. The Morgan fingerprint density at radius 1 is 1.41 bits per heavy atom. The maximum atomic E-state index is 12.2. The second-order valence-electron chi connectivity index (χ2n) is 5.24. The Labute approximate surface area is 111 Å². The number of ketones is 1. The molecular formula is C14H18BrNO. The van der Waals surface area contributed by atoms with Crippen LogP contribution in [0.3, 0.4) is 0 Å². The van der Waals surface area contributed by atoms with Crippen LogP contribution in [0.1, 0.15) is 37.0 Å². The fraction of sp³-hybridized carbons (Fsp3) is 0.500. The van der Waals surface area contributed by atoms with Crippen LogP contribution in [-0.2, 0) is 0 Å². The molecule has 3 heteroatoms. The van der Waals surface area contributed by atoms with Gasteiger partial charge in [0.05, 0.1) is 6.54 Å². The van der Waals surface area contributed by atoms with Gasteiger partial charge in [-0.15, -0.1) is 0 Å². The van der Waals surface area contributed by atoms with Crippen LogP contribution in [0.5, 0.6) is 0 Å². The molecule has 0 radical (unpaired) electrons. The van der Waals surface area contributed by atoms with Crippen molar-refractivity contribution in [3.8, 4) is 0 Å². The molecule has 1 aliphatic heterocycles. The number of carbonyl (C=O) groups excluding carboxylic acids is 1. The van der Waals surface area contributed by atoms with E-state index in [-0.39, 0.29) is 11.3 Å². The van der Waals surface area contributed by atoms with E-state index in [2.05, 4.69) is 34.7 Å². The number of nitrogens with zero attached hydrogens (tertiary/aromatic N) is 1. The number of Topliss-reactive ketones (excluding diaryl/α,β-unsaturated/α-hetero) is 1. The van der Waals surface area contributed by atoms with Crippen LogP contribution in [0.15, 0.2) is 28.7 Å². The third-order valence-electron chi connectivity index (χ3n) is 3.58. The number of rotatable bonds is 3. The first-order chi connectivity index (χ1) is 8.00. The Kier molecular flexibility index (Phi) is 3.69. The van der Waals surface area contributed by atoms with Crippen molar-refractivity contribution in [3.63, 3.8) is 0 Å². The van der Waals surface area contributed by atoms with Gasteiger partial charge in [0.1, 0.15) is 0 Å². The minimum Gasteiger partial charge on any atom is -0.293 e. The molecule has 1 aliphatic rings. The van der Waals surface area contributed by atoms with Gasteiger partial charge < -0.3 is 0 Å². The lowest BCUT2D eigenvalue weighted by Gasteiger charge is -2.30. The third kappa shape index (κ3) is 2.78. The Morgan fingerprint density at radius 2 is 2.12 bits per heavy atom. The van der Waals surface area contributed by atoms with Crippen molar-refractivity contribution in [3.05, 3.63) is 34.3 Å². The smallest absolute Gasteiger partial charge is 0.177 e. The van der Waals surface area contributed by atoms with Crippen LogP contribution in [0.4, 0.5) is 0 Å². The van der Waals surface area contributed by atoms with E-state index < -0.39 is 0 Å². The summed E-state index contributed by atoms with van der Waals surface area (Å²) in [6, 6.07) is 7.64. The number of hydrogen-bond acceptors (Lipinski definition) is 2. The minimum atomic E-state index is 0.164. The molecule has 1 aromatic rings. The summed E-state index contributed by atoms with van der Waals surface area (Å²) >= 11 is 3.44. The van der Waals surface area contributed by atoms with Crippen molar-refractivity contribution in [2.75, 3.05) is 13.1 Å². The highest BCUT2D eigenvalue weighted by molar-refractivity contribution is 9.10. The monoisotopic (exact) mass is 295 g/mol. The highest BCUT2D eigenvalue weighted by Crippen LogP contribution is 2.28. The molecule has 92 valence electrons. The third-order valence-corrected chi connectivity index (χ3v) is 4.27. The van der Waals surface area contributed by atoms with Gasteiger partial charge in [-0.1, -0.05) is 34.1 Å². The standard InChI is InChI=1S/C14H18BrNO/c1-14(2)8-5-9-16(14)10-13(17)11-6-3-4-7-12(11)15/h3-4,6-7H,5,8-10H2,1-2H3. The predicted molar refractivity (Wildman–Crippen MR) is 73.4 cm³/mol. The van der Waals surface area contributed by atoms with Gasteiger partial charge in [-0.25, -0.2) is 0 Å². The fourth-order valence-corrected chi connectivity index (χ4v) is 2.91. The summed E-state index contributed by atoms with van der Waals surface area (Å²) in [6.45, 7) is 5.99. The molecule has 0 unspecified atom stereocenters. The molecule has 0 N–H and O–H groups in total. The first-order valence-corrected chi connectivity index (χ1v) is 6.83. The molecule has 0 bridgehead atoms. The Morgan fingerprint density at radius 3 is 2.71 bits per heavy atom. The molecule has 17 heavy (non-hydrogen) atoms.